The number of nitrogens with zero attached hydrogens (tertiary/aromatic N) is 3. The highest BCUT2D eigenvalue weighted by Crippen LogP contribution is 2.24. The predicted molar refractivity (Wildman–Crippen MR) is 82.6 cm³/mol. The Morgan fingerprint density at radius 2 is 2.23 bits per heavy atom. The van der Waals surface area contributed by atoms with Crippen LogP contribution in [0.1, 0.15) is 24.4 Å². The van der Waals surface area contributed by atoms with E-state index < -0.39 is 16.1 Å². The Bertz CT molecular complexity index is 627. The van der Waals surface area contributed by atoms with Crippen molar-refractivity contribution in [1.82, 2.24) is 24.7 Å². The molecule has 8 nitrogen and oxygen atoms in total. The first-order chi connectivity index (χ1) is 10.4. The molecule has 0 radical (unpaired) electrons. The van der Waals surface area contributed by atoms with Crippen LogP contribution in [0.2, 0.25) is 0 Å². The summed E-state index contributed by atoms with van der Waals surface area (Å²) in [5, 5.41) is 7.08. The highest BCUT2D eigenvalue weighted by Gasteiger charge is 2.35. The number of sulfonamides is 1. The van der Waals surface area contributed by atoms with E-state index in [1.807, 2.05) is 0 Å². The number of carbonyl (C=O) groups is 1. The van der Waals surface area contributed by atoms with Gasteiger partial charge in [-0.25, -0.2) is 13.1 Å². The molecule has 1 amide bonds. The average Bonchev–Trinajstić information content (AvgIpc) is 3.08. The third kappa shape index (κ3) is 3.65. The molecule has 124 valence electrons. The van der Waals surface area contributed by atoms with Gasteiger partial charge in [-0.15, -0.1) is 0 Å². The lowest BCUT2D eigenvalue weighted by Gasteiger charge is -2.28. The summed E-state index contributed by atoms with van der Waals surface area (Å²) in [7, 11) is 1.55. The van der Waals surface area contributed by atoms with Gasteiger partial charge in [0, 0.05) is 31.4 Å². The lowest BCUT2D eigenvalue weighted by atomic mass is 10.1. The van der Waals surface area contributed by atoms with Crippen LogP contribution in [0.25, 0.3) is 0 Å². The maximum Gasteiger partial charge on any atom is 0.244 e. The minimum absolute atomic E-state index is 0.0568. The van der Waals surface area contributed by atoms with Crippen molar-refractivity contribution >= 4 is 15.9 Å². The quantitative estimate of drug-likeness (QED) is 0.714. The molecule has 1 aromatic rings. The van der Waals surface area contributed by atoms with Crippen LogP contribution >= 0.6 is 0 Å². The number of hydrogen-bond acceptors (Lipinski definition) is 5. The fourth-order valence-corrected chi connectivity index (χ4v) is 3.84. The number of amides is 1. The summed E-state index contributed by atoms with van der Waals surface area (Å²) >= 11 is 0. The van der Waals surface area contributed by atoms with Gasteiger partial charge in [-0.05, 0) is 26.9 Å². The van der Waals surface area contributed by atoms with Crippen LogP contribution in [-0.4, -0.2) is 61.4 Å². The highest BCUT2D eigenvalue weighted by atomic mass is 32.2. The lowest BCUT2D eigenvalue weighted by molar-refractivity contribution is -0.134. The van der Waals surface area contributed by atoms with Crippen molar-refractivity contribution in [3.63, 3.8) is 0 Å². The highest BCUT2D eigenvalue weighted by molar-refractivity contribution is 7.89. The molecule has 2 unspecified atom stereocenters. The first-order valence-corrected chi connectivity index (χ1v) is 8.90. The van der Waals surface area contributed by atoms with Crippen LogP contribution in [0, 0.1) is 0 Å². The molecule has 1 saturated heterocycles. The Morgan fingerprint density at radius 3 is 2.77 bits per heavy atom. The van der Waals surface area contributed by atoms with E-state index in [1.54, 1.807) is 36.1 Å². The summed E-state index contributed by atoms with van der Waals surface area (Å²) in [5.74, 6) is -0.164. The molecular weight excluding hydrogens is 306 g/mol. The molecule has 1 aliphatic heterocycles. The Balaban J connectivity index is 2.16. The fraction of sp³-hybridized carbons (Fsp3) is 0.692. The van der Waals surface area contributed by atoms with Gasteiger partial charge in [-0.2, -0.15) is 5.10 Å². The van der Waals surface area contributed by atoms with Crippen LogP contribution in [-0.2, 0) is 21.9 Å². The molecule has 1 aromatic heterocycles. The van der Waals surface area contributed by atoms with E-state index in [2.05, 4.69) is 15.1 Å². The maximum absolute atomic E-state index is 12.8. The third-order valence-corrected chi connectivity index (χ3v) is 5.42. The van der Waals surface area contributed by atoms with E-state index in [9.17, 15) is 13.2 Å². The van der Waals surface area contributed by atoms with Crippen molar-refractivity contribution in [1.29, 1.82) is 0 Å². The van der Waals surface area contributed by atoms with Gasteiger partial charge in [-0.3, -0.25) is 9.48 Å². The number of nitrogens with one attached hydrogen (secondary N) is 2. The number of aromatic nitrogens is 2. The molecule has 2 atom stereocenters. The number of hydrogen-bond donors (Lipinski definition) is 2. The van der Waals surface area contributed by atoms with Gasteiger partial charge in [-0.1, -0.05) is 0 Å². The topological polar surface area (TPSA) is 96.3 Å². The molecule has 2 N–H and O–H groups in total. The van der Waals surface area contributed by atoms with Crippen molar-refractivity contribution in [2.45, 2.75) is 24.9 Å². The summed E-state index contributed by atoms with van der Waals surface area (Å²) in [6.45, 7) is 0.585. The molecule has 22 heavy (non-hydrogen) atoms. The Labute approximate surface area is 130 Å². The van der Waals surface area contributed by atoms with Crippen LogP contribution < -0.4 is 10.0 Å². The van der Waals surface area contributed by atoms with E-state index in [0.29, 0.717) is 13.0 Å². The molecule has 0 aromatic carbocycles. The van der Waals surface area contributed by atoms with Gasteiger partial charge >= 0.3 is 0 Å². The summed E-state index contributed by atoms with van der Waals surface area (Å²) in [6.07, 6.45) is 4.96. The van der Waals surface area contributed by atoms with Crippen LogP contribution in [0.3, 0.4) is 0 Å². The second-order valence-electron chi connectivity index (χ2n) is 5.48. The molecule has 9 heteroatoms. The first kappa shape index (κ1) is 16.9. The number of likely N-dealkylation sites (tertiary alicyclic amines) is 1. The average molecular weight is 329 g/mol. The summed E-state index contributed by atoms with van der Waals surface area (Å²) < 4.78 is 27.5. The fourth-order valence-electron chi connectivity index (χ4n) is 2.82. The van der Waals surface area contributed by atoms with E-state index in [-0.39, 0.29) is 17.7 Å². The molecule has 2 rings (SSSR count). The predicted octanol–water partition coefficient (Wildman–Crippen LogP) is -0.779. The Kier molecular flexibility index (Phi) is 5.20. The third-order valence-electron chi connectivity index (χ3n) is 3.98. The molecular formula is C13H23N5O3S. The maximum atomic E-state index is 12.8. The van der Waals surface area contributed by atoms with Gasteiger partial charge in [0.25, 0.3) is 0 Å². The van der Waals surface area contributed by atoms with Crippen LogP contribution in [0.4, 0.5) is 0 Å². The summed E-state index contributed by atoms with van der Waals surface area (Å²) in [6, 6.07) is -0.788. The number of rotatable bonds is 6. The zero-order chi connectivity index (χ0) is 16.3. The van der Waals surface area contributed by atoms with Gasteiger partial charge in [0.05, 0.1) is 11.9 Å². The molecule has 1 aliphatic rings. The van der Waals surface area contributed by atoms with E-state index in [0.717, 1.165) is 12.0 Å². The normalized spacial score (nSPS) is 20.3. The number of likely N-dealkylation sites (N-methyl/N-ethyl adjacent to an activating group) is 1. The van der Waals surface area contributed by atoms with Gasteiger partial charge in [0.1, 0.15) is 6.04 Å². The van der Waals surface area contributed by atoms with Crippen LogP contribution in [0.15, 0.2) is 12.4 Å². The zero-order valence-electron chi connectivity index (χ0n) is 13.1. The minimum Gasteiger partial charge on any atom is -0.337 e. The molecule has 0 aliphatic carbocycles. The van der Waals surface area contributed by atoms with Crippen molar-refractivity contribution in [2.75, 3.05) is 26.4 Å². The Hall–Kier alpha value is -1.45. The van der Waals surface area contributed by atoms with E-state index >= 15 is 0 Å². The molecule has 1 fully saturated rings. The molecule has 0 saturated carbocycles. The monoisotopic (exact) mass is 329 g/mol. The molecule has 0 spiro atoms. The van der Waals surface area contributed by atoms with Crippen molar-refractivity contribution in [3.8, 4) is 0 Å². The summed E-state index contributed by atoms with van der Waals surface area (Å²) in [5.41, 5.74) is 0.775. The molecule has 2 heterocycles. The van der Waals surface area contributed by atoms with Gasteiger partial charge in [0.2, 0.25) is 15.9 Å². The molecule has 0 bridgehead atoms. The standard InChI is InChI=1S/C13H23N5O3S/c1-14-12(10-7-16-17(3)8-10)13(19)18-6-4-5-11(18)9-22(20,21)15-2/h7-8,11-12,14-15H,4-6,9H2,1-3H3. The van der Waals surface area contributed by atoms with E-state index in [4.69, 9.17) is 0 Å². The van der Waals surface area contributed by atoms with Crippen molar-refractivity contribution in [2.24, 2.45) is 7.05 Å². The second-order valence-corrected chi connectivity index (χ2v) is 7.45. The van der Waals surface area contributed by atoms with Crippen molar-refractivity contribution < 1.29 is 13.2 Å². The SMILES string of the molecule is CNC(C(=O)N1CCCC1CS(=O)(=O)NC)c1cnn(C)c1. The largest absolute Gasteiger partial charge is 0.337 e. The van der Waals surface area contributed by atoms with Crippen LogP contribution in [0.5, 0.6) is 0 Å². The number of aryl methyl sites for hydroxylation is 1. The second kappa shape index (κ2) is 6.76. The van der Waals surface area contributed by atoms with E-state index in [1.165, 1.54) is 7.05 Å². The lowest BCUT2D eigenvalue weighted by Crippen LogP contribution is -2.46. The summed E-state index contributed by atoms with van der Waals surface area (Å²) in [4.78, 5) is 14.5. The minimum atomic E-state index is -3.34. The van der Waals surface area contributed by atoms with Crippen molar-refractivity contribution in [3.05, 3.63) is 18.0 Å². The first-order valence-electron chi connectivity index (χ1n) is 7.25. The smallest absolute Gasteiger partial charge is 0.244 e. The zero-order valence-corrected chi connectivity index (χ0v) is 13.9. The van der Waals surface area contributed by atoms with Gasteiger partial charge in [0.15, 0.2) is 0 Å². The Morgan fingerprint density at radius 1 is 1.50 bits per heavy atom. The number of carbonyl (C=O) groups excluding carboxylic acids is 1. The van der Waals surface area contributed by atoms with Gasteiger partial charge < -0.3 is 10.2 Å².